The van der Waals surface area contributed by atoms with Crippen molar-refractivity contribution < 1.29 is 4.39 Å². The molecule has 0 fully saturated rings. The normalized spacial score (nSPS) is 16.0. The Labute approximate surface area is 122 Å². The van der Waals surface area contributed by atoms with Crippen molar-refractivity contribution in [3.8, 4) is 11.3 Å². The first-order chi connectivity index (χ1) is 9.95. The van der Waals surface area contributed by atoms with E-state index in [2.05, 4.69) is 34.5 Å². The number of fused-ring (bicyclic) bond motifs is 3. The van der Waals surface area contributed by atoms with Crippen molar-refractivity contribution >= 4 is 0 Å². The molecular weight excluding hydrogens is 267 g/mol. The number of azide groups is 1. The van der Waals surface area contributed by atoms with Crippen LogP contribution in [0.4, 0.5) is 4.39 Å². The van der Waals surface area contributed by atoms with Crippen LogP contribution in [-0.4, -0.2) is 10.6 Å². The molecule has 21 heavy (non-hydrogen) atoms. The van der Waals surface area contributed by atoms with E-state index >= 15 is 0 Å². The molecule has 1 atom stereocenters. The molecule has 0 saturated heterocycles. The third-order valence-electron chi connectivity index (χ3n) is 4.26. The summed E-state index contributed by atoms with van der Waals surface area (Å²) in [6, 6.07) is 6.91. The van der Waals surface area contributed by atoms with Crippen LogP contribution in [0, 0.1) is 5.82 Å². The van der Waals surface area contributed by atoms with E-state index in [0.717, 1.165) is 16.8 Å². The van der Waals surface area contributed by atoms with Crippen molar-refractivity contribution in [3.63, 3.8) is 0 Å². The lowest BCUT2D eigenvalue weighted by Crippen LogP contribution is -2.14. The van der Waals surface area contributed by atoms with Crippen LogP contribution >= 0.6 is 0 Å². The van der Waals surface area contributed by atoms with Gasteiger partial charge in [-0.2, -0.15) is 0 Å². The number of nitrogens with zero attached hydrogens (tertiary/aromatic N) is 4. The predicted molar refractivity (Wildman–Crippen MR) is 80.6 cm³/mol. The average Bonchev–Trinajstić information content (AvgIpc) is 2.90. The third-order valence-corrected chi connectivity index (χ3v) is 4.26. The van der Waals surface area contributed by atoms with Gasteiger partial charge in [0.25, 0.3) is 0 Å². The SMILES string of the molecule is C[C@@H](Cn1ccc2c1-c1cc(F)ccc1C2(C)C)N=[N+]=[N-]. The predicted octanol–water partition coefficient (Wildman–Crippen LogP) is 4.63. The molecule has 0 unspecified atom stereocenters. The van der Waals surface area contributed by atoms with Crippen LogP contribution in [0.1, 0.15) is 31.9 Å². The summed E-state index contributed by atoms with van der Waals surface area (Å²) in [7, 11) is 0. The fourth-order valence-corrected chi connectivity index (χ4v) is 3.24. The molecule has 0 N–H and O–H groups in total. The number of aromatic nitrogens is 1. The van der Waals surface area contributed by atoms with Crippen LogP contribution in [-0.2, 0) is 12.0 Å². The van der Waals surface area contributed by atoms with Gasteiger partial charge in [0.1, 0.15) is 5.82 Å². The third kappa shape index (κ3) is 2.01. The van der Waals surface area contributed by atoms with Gasteiger partial charge in [-0.25, -0.2) is 4.39 Å². The first kappa shape index (κ1) is 13.7. The topological polar surface area (TPSA) is 53.7 Å². The minimum absolute atomic E-state index is 0.134. The van der Waals surface area contributed by atoms with Crippen molar-refractivity contribution in [1.82, 2.24) is 4.57 Å². The zero-order chi connectivity index (χ0) is 15.2. The standard InChI is InChI=1S/C16H17FN4/c1-10(19-20-18)9-21-7-6-14-15(21)12-8-11(17)4-5-13(12)16(14,2)3/h4-8,10H,9H2,1-3H3/t10-/m0/s1. The molecule has 0 spiro atoms. The van der Waals surface area contributed by atoms with E-state index in [1.54, 1.807) is 6.07 Å². The Hall–Kier alpha value is -2.26. The average molecular weight is 284 g/mol. The Morgan fingerprint density at radius 2 is 2.10 bits per heavy atom. The van der Waals surface area contributed by atoms with Gasteiger partial charge in [-0.05, 0) is 34.9 Å². The summed E-state index contributed by atoms with van der Waals surface area (Å²) < 4.78 is 15.7. The molecule has 0 bridgehead atoms. The van der Waals surface area contributed by atoms with E-state index in [-0.39, 0.29) is 17.3 Å². The second-order valence-corrected chi connectivity index (χ2v) is 6.10. The zero-order valence-electron chi connectivity index (χ0n) is 12.3. The van der Waals surface area contributed by atoms with Gasteiger partial charge in [0.2, 0.25) is 0 Å². The quantitative estimate of drug-likeness (QED) is 0.448. The Balaban J connectivity index is 2.15. The fraction of sp³-hybridized carbons (Fsp3) is 0.375. The van der Waals surface area contributed by atoms with E-state index in [1.165, 1.54) is 11.6 Å². The Morgan fingerprint density at radius 1 is 1.33 bits per heavy atom. The molecule has 1 aliphatic carbocycles. The van der Waals surface area contributed by atoms with Gasteiger partial charge >= 0.3 is 0 Å². The van der Waals surface area contributed by atoms with Gasteiger partial charge in [-0.1, -0.05) is 32.0 Å². The summed E-state index contributed by atoms with van der Waals surface area (Å²) >= 11 is 0. The zero-order valence-corrected chi connectivity index (χ0v) is 12.3. The lowest BCUT2D eigenvalue weighted by Gasteiger charge is -2.19. The lowest BCUT2D eigenvalue weighted by molar-refractivity contribution is 0.592. The highest BCUT2D eigenvalue weighted by molar-refractivity contribution is 5.78. The van der Waals surface area contributed by atoms with Crippen molar-refractivity contribution in [2.24, 2.45) is 5.11 Å². The number of hydrogen-bond donors (Lipinski definition) is 0. The maximum Gasteiger partial charge on any atom is 0.123 e. The minimum atomic E-state index is -0.228. The first-order valence-corrected chi connectivity index (χ1v) is 6.99. The molecule has 1 aromatic carbocycles. The van der Waals surface area contributed by atoms with E-state index in [0.29, 0.717) is 6.54 Å². The number of rotatable bonds is 3. The Bertz CT molecular complexity index is 754. The minimum Gasteiger partial charge on any atom is -0.347 e. The van der Waals surface area contributed by atoms with Gasteiger partial charge in [0.15, 0.2) is 0 Å². The molecule has 1 aromatic heterocycles. The lowest BCUT2D eigenvalue weighted by atomic mass is 9.83. The maximum atomic E-state index is 13.7. The smallest absolute Gasteiger partial charge is 0.123 e. The highest BCUT2D eigenvalue weighted by atomic mass is 19.1. The monoisotopic (exact) mass is 284 g/mol. The summed E-state index contributed by atoms with van der Waals surface area (Å²) in [5.41, 5.74) is 12.7. The summed E-state index contributed by atoms with van der Waals surface area (Å²) in [6.07, 6.45) is 1.99. The first-order valence-electron chi connectivity index (χ1n) is 6.99. The summed E-state index contributed by atoms with van der Waals surface area (Å²) in [6.45, 7) is 6.76. The largest absolute Gasteiger partial charge is 0.347 e. The Morgan fingerprint density at radius 3 is 2.81 bits per heavy atom. The number of halogens is 1. The van der Waals surface area contributed by atoms with Crippen LogP contribution in [0.5, 0.6) is 0 Å². The molecule has 0 amide bonds. The van der Waals surface area contributed by atoms with Gasteiger partial charge < -0.3 is 4.57 Å². The number of benzene rings is 1. The molecule has 1 aliphatic rings. The summed E-state index contributed by atoms with van der Waals surface area (Å²) in [4.78, 5) is 2.85. The molecule has 0 aliphatic heterocycles. The summed E-state index contributed by atoms with van der Waals surface area (Å²) in [5.74, 6) is -0.228. The highest BCUT2D eigenvalue weighted by Crippen LogP contribution is 2.49. The molecule has 4 nitrogen and oxygen atoms in total. The molecule has 0 radical (unpaired) electrons. The molecular formula is C16H17FN4. The highest BCUT2D eigenvalue weighted by Gasteiger charge is 2.37. The van der Waals surface area contributed by atoms with Crippen molar-refractivity contribution in [3.05, 3.63) is 57.8 Å². The van der Waals surface area contributed by atoms with Crippen LogP contribution in [0.25, 0.3) is 21.7 Å². The van der Waals surface area contributed by atoms with Crippen molar-refractivity contribution in [1.29, 1.82) is 0 Å². The molecule has 3 rings (SSSR count). The van der Waals surface area contributed by atoms with Gasteiger partial charge in [0, 0.05) is 28.6 Å². The van der Waals surface area contributed by atoms with Crippen molar-refractivity contribution in [2.45, 2.75) is 38.8 Å². The number of hydrogen-bond acceptors (Lipinski definition) is 1. The van der Waals surface area contributed by atoms with Gasteiger partial charge in [0.05, 0.1) is 11.7 Å². The second-order valence-electron chi connectivity index (χ2n) is 6.10. The van der Waals surface area contributed by atoms with E-state index in [1.807, 2.05) is 19.2 Å². The molecule has 2 aromatic rings. The van der Waals surface area contributed by atoms with Crippen LogP contribution in [0.15, 0.2) is 35.6 Å². The molecule has 108 valence electrons. The Kier molecular flexibility index (Phi) is 3.03. The molecule has 1 heterocycles. The summed E-state index contributed by atoms with van der Waals surface area (Å²) in [5, 5.41) is 3.72. The van der Waals surface area contributed by atoms with Crippen LogP contribution in [0.3, 0.4) is 0 Å². The second kappa shape index (κ2) is 4.64. The van der Waals surface area contributed by atoms with E-state index < -0.39 is 0 Å². The van der Waals surface area contributed by atoms with Crippen LogP contribution in [0.2, 0.25) is 0 Å². The van der Waals surface area contributed by atoms with E-state index in [4.69, 9.17) is 5.53 Å². The van der Waals surface area contributed by atoms with Gasteiger partial charge in [-0.15, -0.1) is 0 Å². The molecule has 0 saturated carbocycles. The van der Waals surface area contributed by atoms with Gasteiger partial charge in [-0.3, -0.25) is 0 Å². The van der Waals surface area contributed by atoms with Crippen LogP contribution < -0.4 is 0 Å². The maximum absolute atomic E-state index is 13.7. The van der Waals surface area contributed by atoms with E-state index in [9.17, 15) is 4.39 Å². The van der Waals surface area contributed by atoms with Crippen molar-refractivity contribution in [2.75, 3.05) is 0 Å². The fourth-order valence-electron chi connectivity index (χ4n) is 3.24. The molecule has 5 heteroatoms.